The van der Waals surface area contributed by atoms with Gasteiger partial charge in [0.1, 0.15) is 18.2 Å². The number of hydrogen-bond acceptors (Lipinski definition) is 4. The summed E-state index contributed by atoms with van der Waals surface area (Å²) in [7, 11) is 0. The monoisotopic (exact) mass is 290 g/mol. The van der Waals surface area contributed by atoms with Crippen molar-refractivity contribution in [3.8, 4) is 5.75 Å². The molecule has 0 unspecified atom stereocenters. The van der Waals surface area contributed by atoms with Crippen LogP contribution in [0.2, 0.25) is 0 Å². The van der Waals surface area contributed by atoms with E-state index < -0.39 is 17.7 Å². The molecule has 0 aliphatic rings. The van der Waals surface area contributed by atoms with E-state index in [1.54, 1.807) is 0 Å². The number of ether oxygens (including phenoxy) is 1. The third kappa shape index (κ3) is 3.53. The zero-order valence-corrected chi connectivity index (χ0v) is 10.7. The maximum absolute atomic E-state index is 13.7. The summed E-state index contributed by atoms with van der Waals surface area (Å²) in [6.45, 7) is -0.129. The van der Waals surface area contributed by atoms with Crippen LogP contribution in [0.25, 0.3) is 0 Å². The van der Waals surface area contributed by atoms with Crippen molar-refractivity contribution in [2.45, 2.75) is 6.61 Å². The van der Waals surface area contributed by atoms with Crippen LogP contribution in [0.1, 0.15) is 26.3 Å². The molecular weight excluding hydrogens is 279 g/mol. The number of carbonyl (C=O) groups is 2. The number of nitrogens with zero attached hydrogens (tertiary/aromatic N) is 1. The van der Waals surface area contributed by atoms with E-state index in [0.717, 1.165) is 6.07 Å². The van der Waals surface area contributed by atoms with Crippen LogP contribution in [-0.2, 0) is 6.61 Å². The van der Waals surface area contributed by atoms with Crippen LogP contribution in [-0.4, -0.2) is 22.0 Å². The molecule has 2 aromatic rings. The minimum Gasteiger partial charge on any atom is -0.487 e. The summed E-state index contributed by atoms with van der Waals surface area (Å²) in [5.74, 6) is -2.29. The molecule has 1 aromatic carbocycles. The molecule has 0 saturated heterocycles. The first kappa shape index (κ1) is 14.4. The van der Waals surface area contributed by atoms with E-state index in [-0.39, 0.29) is 29.0 Å². The van der Waals surface area contributed by atoms with Gasteiger partial charge in [-0.3, -0.25) is 9.78 Å². The lowest BCUT2D eigenvalue weighted by molar-refractivity contribution is 0.0695. The van der Waals surface area contributed by atoms with E-state index in [1.807, 2.05) is 0 Å². The molecule has 6 nitrogen and oxygen atoms in total. The lowest BCUT2D eigenvalue weighted by Gasteiger charge is -2.08. The fourth-order valence-corrected chi connectivity index (χ4v) is 1.59. The van der Waals surface area contributed by atoms with E-state index in [2.05, 4.69) is 4.98 Å². The topological polar surface area (TPSA) is 103 Å². The summed E-state index contributed by atoms with van der Waals surface area (Å²) in [6.07, 6.45) is 2.50. The fraction of sp³-hybridized carbons (Fsp3) is 0.0714. The zero-order valence-electron chi connectivity index (χ0n) is 10.7. The zero-order chi connectivity index (χ0) is 15.4. The Morgan fingerprint density at radius 3 is 2.62 bits per heavy atom. The summed E-state index contributed by atoms with van der Waals surface area (Å²) in [6, 6.07) is 5.07. The molecule has 1 heterocycles. The molecule has 1 aromatic heterocycles. The number of benzene rings is 1. The lowest BCUT2D eigenvalue weighted by Crippen LogP contribution is -2.11. The highest BCUT2D eigenvalue weighted by Gasteiger charge is 2.09. The number of halogens is 1. The molecule has 0 saturated carbocycles. The maximum atomic E-state index is 13.7. The van der Waals surface area contributed by atoms with Gasteiger partial charge < -0.3 is 15.6 Å². The van der Waals surface area contributed by atoms with Gasteiger partial charge in [0, 0.05) is 17.3 Å². The normalized spacial score (nSPS) is 10.1. The van der Waals surface area contributed by atoms with E-state index >= 15 is 0 Å². The number of primary amides is 1. The van der Waals surface area contributed by atoms with E-state index in [1.165, 1.54) is 30.6 Å². The Morgan fingerprint density at radius 1 is 1.24 bits per heavy atom. The third-order valence-electron chi connectivity index (χ3n) is 2.69. The molecule has 0 atom stereocenters. The molecule has 0 aliphatic carbocycles. The van der Waals surface area contributed by atoms with Crippen molar-refractivity contribution < 1.29 is 23.8 Å². The largest absolute Gasteiger partial charge is 0.487 e. The fourth-order valence-electron chi connectivity index (χ4n) is 1.59. The molecule has 0 bridgehead atoms. The Labute approximate surface area is 119 Å². The Morgan fingerprint density at radius 2 is 2.00 bits per heavy atom. The van der Waals surface area contributed by atoms with Crippen molar-refractivity contribution in [3.63, 3.8) is 0 Å². The number of rotatable bonds is 5. The van der Waals surface area contributed by atoms with Crippen molar-refractivity contribution in [3.05, 3.63) is 59.2 Å². The average molecular weight is 290 g/mol. The van der Waals surface area contributed by atoms with Crippen LogP contribution in [0.5, 0.6) is 5.75 Å². The SMILES string of the molecule is NC(=O)c1ccc(COc2cncc(C(=O)O)c2)c(F)c1. The number of aromatic carboxylic acids is 1. The maximum Gasteiger partial charge on any atom is 0.337 e. The molecular formula is C14H11FN2O4. The highest BCUT2D eigenvalue weighted by Crippen LogP contribution is 2.16. The van der Waals surface area contributed by atoms with E-state index in [0.29, 0.717) is 0 Å². The predicted octanol–water partition coefficient (Wildman–Crippen LogP) is 1.60. The highest BCUT2D eigenvalue weighted by molar-refractivity contribution is 5.92. The number of nitrogens with two attached hydrogens (primary N) is 1. The summed E-state index contributed by atoms with van der Waals surface area (Å²) < 4.78 is 19.0. The minimum absolute atomic E-state index is 0.0305. The lowest BCUT2D eigenvalue weighted by atomic mass is 10.1. The van der Waals surface area contributed by atoms with Gasteiger partial charge in [0.05, 0.1) is 11.8 Å². The van der Waals surface area contributed by atoms with Crippen LogP contribution in [0.4, 0.5) is 4.39 Å². The van der Waals surface area contributed by atoms with Gasteiger partial charge in [-0.15, -0.1) is 0 Å². The highest BCUT2D eigenvalue weighted by atomic mass is 19.1. The van der Waals surface area contributed by atoms with Gasteiger partial charge in [0.25, 0.3) is 0 Å². The summed E-state index contributed by atoms with van der Waals surface area (Å²) in [5.41, 5.74) is 5.28. The van der Waals surface area contributed by atoms with Gasteiger partial charge in [-0.05, 0) is 18.2 Å². The number of amides is 1. The summed E-state index contributed by atoms with van der Waals surface area (Å²) in [5, 5.41) is 8.82. The standard InChI is InChI=1S/C14H11FN2O4/c15-12-4-8(13(16)18)1-2-9(12)7-21-11-3-10(14(19)20)5-17-6-11/h1-6H,7H2,(H2,16,18)(H,19,20). The molecule has 0 spiro atoms. The van der Waals surface area contributed by atoms with Gasteiger partial charge in [-0.25, -0.2) is 9.18 Å². The van der Waals surface area contributed by atoms with E-state index in [4.69, 9.17) is 15.6 Å². The van der Waals surface area contributed by atoms with Crippen LogP contribution < -0.4 is 10.5 Å². The first-order valence-electron chi connectivity index (χ1n) is 5.86. The Kier molecular flexibility index (Phi) is 4.13. The van der Waals surface area contributed by atoms with Gasteiger partial charge >= 0.3 is 5.97 Å². The van der Waals surface area contributed by atoms with Crippen LogP contribution in [0.3, 0.4) is 0 Å². The van der Waals surface area contributed by atoms with Gasteiger partial charge in [-0.1, -0.05) is 6.07 Å². The number of carbonyl (C=O) groups excluding carboxylic acids is 1. The molecule has 0 radical (unpaired) electrons. The predicted molar refractivity (Wildman–Crippen MR) is 70.4 cm³/mol. The molecule has 3 N–H and O–H groups in total. The quantitative estimate of drug-likeness (QED) is 0.870. The second-order valence-electron chi connectivity index (χ2n) is 4.17. The molecule has 108 valence electrons. The molecule has 7 heteroatoms. The molecule has 0 fully saturated rings. The third-order valence-corrected chi connectivity index (χ3v) is 2.69. The number of hydrogen-bond donors (Lipinski definition) is 2. The van der Waals surface area contributed by atoms with Crippen molar-refractivity contribution >= 4 is 11.9 Å². The van der Waals surface area contributed by atoms with Gasteiger partial charge in [0.15, 0.2) is 0 Å². The molecule has 21 heavy (non-hydrogen) atoms. The molecule has 2 rings (SSSR count). The second-order valence-corrected chi connectivity index (χ2v) is 4.17. The van der Waals surface area contributed by atoms with E-state index in [9.17, 15) is 14.0 Å². The molecule has 1 amide bonds. The van der Waals surface area contributed by atoms with Crippen molar-refractivity contribution in [1.29, 1.82) is 0 Å². The Balaban J connectivity index is 2.11. The first-order valence-corrected chi connectivity index (χ1v) is 5.86. The number of carboxylic acids is 1. The number of carboxylic acid groups (broad SMARTS) is 1. The molecule has 0 aliphatic heterocycles. The minimum atomic E-state index is -1.13. The van der Waals surface area contributed by atoms with Crippen molar-refractivity contribution in [1.82, 2.24) is 4.98 Å². The van der Waals surface area contributed by atoms with Crippen LogP contribution >= 0.6 is 0 Å². The van der Waals surface area contributed by atoms with Crippen molar-refractivity contribution in [2.75, 3.05) is 0 Å². The average Bonchev–Trinajstić information content (AvgIpc) is 2.46. The first-order chi connectivity index (χ1) is 9.97. The summed E-state index contributed by atoms with van der Waals surface area (Å²) >= 11 is 0. The number of pyridine rings is 1. The Hall–Kier alpha value is -2.96. The Bertz CT molecular complexity index is 703. The van der Waals surface area contributed by atoms with Crippen molar-refractivity contribution in [2.24, 2.45) is 5.73 Å². The van der Waals surface area contributed by atoms with Gasteiger partial charge in [-0.2, -0.15) is 0 Å². The second kappa shape index (κ2) is 6.00. The number of aromatic nitrogens is 1. The smallest absolute Gasteiger partial charge is 0.337 e. The van der Waals surface area contributed by atoms with Crippen LogP contribution in [0, 0.1) is 5.82 Å². The van der Waals surface area contributed by atoms with Gasteiger partial charge in [0.2, 0.25) is 5.91 Å². The summed E-state index contributed by atoms with van der Waals surface area (Å²) in [4.78, 5) is 25.4. The van der Waals surface area contributed by atoms with Crippen LogP contribution in [0.15, 0.2) is 36.7 Å².